The number of hydrogen-bond donors (Lipinski definition) is 0. The lowest BCUT2D eigenvalue weighted by Crippen LogP contribution is -2.60. The molecule has 19 rings (SSSR count). The third-order valence-corrected chi connectivity index (χ3v) is 18.9. The molecule has 386 valence electrons. The van der Waals surface area contributed by atoms with E-state index in [9.17, 15) is 0 Å². The zero-order valence-corrected chi connectivity index (χ0v) is 45.7. The van der Waals surface area contributed by atoms with Crippen LogP contribution in [0.5, 0.6) is 0 Å². The molecule has 0 radical (unpaired) electrons. The largest absolute Gasteiger partial charge is 0.311 e. The minimum Gasteiger partial charge on any atom is -0.311 e. The van der Waals surface area contributed by atoms with Gasteiger partial charge in [-0.1, -0.05) is 224 Å². The molecule has 4 nitrogen and oxygen atoms in total. The molecule has 2 aromatic heterocycles. The number of rotatable bonds is 6. The molecule has 13 aromatic carbocycles. The Balaban J connectivity index is 0.909. The van der Waals surface area contributed by atoms with E-state index in [0.29, 0.717) is 0 Å². The average molecular weight is 1060 g/mol. The first kappa shape index (κ1) is 45.9. The summed E-state index contributed by atoms with van der Waals surface area (Å²) in [5.41, 5.74) is 32.2. The van der Waals surface area contributed by atoms with Crippen LogP contribution in [0.25, 0.3) is 99.5 Å². The Labute approximate surface area is 487 Å². The molecule has 6 heterocycles. The van der Waals surface area contributed by atoms with Crippen LogP contribution in [0.3, 0.4) is 0 Å². The van der Waals surface area contributed by atoms with Gasteiger partial charge >= 0.3 is 0 Å². The second-order valence-corrected chi connectivity index (χ2v) is 23.1. The predicted molar refractivity (Wildman–Crippen MR) is 356 cm³/mol. The van der Waals surface area contributed by atoms with Crippen molar-refractivity contribution in [2.24, 2.45) is 0 Å². The summed E-state index contributed by atoms with van der Waals surface area (Å²) >= 11 is 0. The Morgan fingerprint density at radius 2 is 0.679 bits per heavy atom. The summed E-state index contributed by atoms with van der Waals surface area (Å²) in [6.07, 6.45) is 0. The minimum atomic E-state index is -0.0720. The van der Waals surface area contributed by atoms with Gasteiger partial charge in [0.2, 0.25) is 0 Å². The minimum absolute atomic E-state index is 0.0246. The molecule has 0 saturated carbocycles. The maximum atomic E-state index is 2.68. The van der Waals surface area contributed by atoms with Crippen molar-refractivity contribution in [1.29, 1.82) is 0 Å². The number of fused-ring (bicyclic) bond motifs is 16. The number of benzene rings is 13. The first-order chi connectivity index (χ1) is 41.7. The van der Waals surface area contributed by atoms with E-state index in [4.69, 9.17) is 0 Å². The number of hydrogen-bond acceptors (Lipinski definition) is 2. The van der Waals surface area contributed by atoms with Crippen LogP contribution in [-0.2, 0) is 0 Å². The fourth-order valence-corrected chi connectivity index (χ4v) is 15.4. The highest BCUT2D eigenvalue weighted by molar-refractivity contribution is 7.01. The molecule has 0 fully saturated rings. The number of nitrogens with zero attached hydrogens (tertiary/aromatic N) is 4. The normalized spacial score (nSPS) is 13.1. The highest BCUT2D eigenvalue weighted by atomic mass is 15.2. The van der Waals surface area contributed by atoms with Gasteiger partial charge in [-0.3, -0.25) is 0 Å². The van der Waals surface area contributed by atoms with Crippen molar-refractivity contribution in [3.63, 3.8) is 0 Å². The molecule has 0 unspecified atom stereocenters. The summed E-state index contributed by atoms with van der Waals surface area (Å²) in [6.45, 7) is -0.0966. The topological polar surface area (TPSA) is 16.3 Å². The summed E-state index contributed by atoms with van der Waals surface area (Å²) in [5.74, 6) is 0. The quantitative estimate of drug-likeness (QED) is 0.154. The molecule has 0 aliphatic carbocycles. The second kappa shape index (κ2) is 17.4. The Morgan fingerprint density at radius 3 is 1.27 bits per heavy atom. The molecular weight excluding hydrogens is 1010 g/mol. The van der Waals surface area contributed by atoms with Crippen molar-refractivity contribution >= 4 is 124 Å². The third-order valence-electron chi connectivity index (χ3n) is 18.9. The van der Waals surface area contributed by atoms with Crippen molar-refractivity contribution in [2.45, 2.75) is 0 Å². The Bertz CT molecular complexity index is 5250. The molecular formula is C78H48B2N4. The van der Waals surface area contributed by atoms with E-state index in [1.807, 2.05) is 0 Å². The summed E-state index contributed by atoms with van der Waals surface area (Å²) < 4.78 is 5.31. The first-order valence-electron chi connectivity index (χ1n) is 29.3. The summed E-state index contributed by atoms with van der Waals surface area (Å²) in [6, 6.07) is 109. The van der Waals surface area contributed by atoms with Gasteiger partial charge in [0.1, 0.15) is 0 Å². The van der Waals surface area contributed by atoms with E-state index < -0.39 is 0 Å². The van der Waals surface area contributed by atoms with E-state index in [0.717, 1.165) is 11.4 Å². The molecule has 6 heteroatoms. The van der Waals surface area contributed by atoms with Crippen LogP contribution >= 0.6 is 0 Å². The standard InChI is InChI=1S/C78H48B2N4/c1-5-18-49(19-6-1)53-32-38-57(39-33-53)81-69-44-37-56(52-24-11-4-12-25-52)47-64(69)80-65-48-61-59-42-45-72-75-77(59)84(76(61)73-60-26-13-15-28-66(60)83(78(65)73)71-31-17-30-70(81)74(71)80)67-29-16-14-27-62(67)79(75)63-46-55(51-22-9-3-10-23-51)36-43-68(63)82(72)58-40-34-54(35-41-58)50-20-7-2-8-21-50/h1-48H. The van der Waals surface area contributed by atoms with Gasteiger partial charge in [-0.15, -0.1) is 0 Å². The van der Waals surface area contributed by atoms with Gasteiger partial charge in [0.05, 0.1) is 22.1 Å². The highest BCUT2D eigenvalue weighted by Gasteiger charge is 2.46. The SMILES string of the molecule is c1ccc(-c2ccc(N3c4ccc(-c5ccccc5)cc4B4c5c3cccc5-n3c5ccccc5c5c3c4cc3c4ccc6c7c4n(c35)-c3ccccc3B7c3cc(-c4ccccc4)ccc3N6c3ccc(-c4ccccc4)cc3)cc2)cc1. The van der Waals surface area contributed by atoms with Gasteiger partial charge in [-0.05, 0) is 144 Å². The zero-order chi connectivity index (χ0) is 54.7. The number of anilines is 6. The van der Waals surface area contributed by atoms with Crippen LogP contribution < -0.4 is 42.6 Å². The maximum absolute atomic E-state index is 2.68. The van der Waals surface area contributed by atoms with E-state index >= 15 is 0 Å². The first-order valence-corrected chi connectivity index (χ1v) is 29.3. The van der Waals surface area contributed by atoms with Crippen LogP contribution in [0.1, 0.15) is 0 Å². The number of para-hydroxylation sites is 2. The van der Waals surface area contributed by atoms with Crippen molar-refractivity contribution in [1.82, 2.24) is 9.13 Å². The van der Waals surface area contributed by atoms with Gasteiger partial charge in [0, 0.05) is 67.0 Å². The lowest BCUT2D eigenvalue weighted by molar-refractivity contribution is 1.17. The second-order valence-electron chi connectivity index (χ2n) is 23.1. The van der Waals surface area contributed by atoms with E-state index in [2.05, 4.69) is 310 Å². The van der Waals surface area contributed by atoms with Crippen LogP contribution in [0.4, 0.5) is 34.1 Å². The molecule has 0 spiro atoms. The monoisotopic (exact) mass is 1060 g/mol. The molecule has 0 amide bonds. The van der Waals surface area contributed by atoms with Gasteiger partial charge < -0.3 is 18.9 Å². The summed E-state index contributed by atoms with van der Waals surface area (Å²) in [7, 11) is 0. The van der Waals surface area contributed by atoms with Crippen LogP contribution in [0.15, 0.2) is 291 Å². The molecule has 0 N–H and O–H groups in total. The van der Waals surface area contributed by atoms with Crippen molar-refractivity contribution in [3.05, 3.63) is 291 Å². The molecule has 84 heavy (non-hydrogen) atoms. The Kier molecular flexibility index (Phi) is 9.48. The molecule has 0 bridgehead atoms. The molecule has 4 aliphatic heterocycles. The van der Waals surface area contributed by atoms with Crippen LogP contribution in [0, 0.1) is 0 Å². The van der Waals surface area contributed by atoms with Gasteiger partial charge in [0.25, 0.3) is 13.4 Å². The summed E-state index contributed by atoms with van der Waals surface area (Å²) in [5, 5.41) is 5.10. The lowest BCUT2D eigenvalue weighted by atomic mass is 9.33. The van der Waals surface area contributed by atoms with E-state index in [1.54, 1.807) is 0 Å². The van der Waals surface area contributed by atoms with Gasteiger partial charge in [-0.25, -0.2) is 0 Å². The van der Waals surface area contributed by atoms with Crippen molar-refractivity contribution < 1.29 is 0 Å². The highest BCUT2D eigenvalue weighted by Crippen LogP contribution is 2.49. The fraction of sp³-hybridized carbons (Fsp3) is 0. The Hall–Kier alpha value is -10.8. The van der Waals surface area contributed by atoms with Crippen molar-refractivity contribution in [3.8, 4) is 55.9 Å². The zero-order valence-electron chi connectivity index (χ0n) is 45.7. The molecule has 15 aromatic rings. The van der Waals surface area contributed by atoms with Crippen molar-refractivity contribution in [2.75, 3.05) is 9.80 Å². The van der Waals surface area contributed by atoms with Gasteiger partial charge in [-0.2, -0.15) is 0 Å². The average Bonchev–Trinajstić information content (AvgIpc) is 1.60. The van der Waals surface area contributed by atoms with Crippen LogP contribution in [0.2, 0.25) is 0 Å². The lowest BCUT2D eigenvalue weighted by Gasteiger charge is -2.40. The fourth-order valence-electron chi connectivity index (χ4n) is 15.4. The maximum Gasteiger partial charge on any atom is 0.252 e. The Morgan fingerprint density at radius 1 is 0.226 bits per heavy atom. The molecule has 0 atom stereocenters. The smallest absolute Gasteiger partial charge is 0.252 e. The third kappa shape index (κ3) is 6.29. The molecule has 0 saturated heterocycles. The molecule has 4 aliphatic rings. The van der Waals surface area contributed by atoms with E-state index in [1.165, 1.54) is 155 Å². The van der Waals surface area contributed by atoms with E-state index in [-0.39, 0.29) is 13.4 Å². The summed E-state index contributed by atoms with van der Waals surface area (Å²) in [4.78, 5) is 5.07. The predicted octanol–water partition coefficient (Wildman–Crippen LogP) is 15.8. The number of aromatic nitrogens is 2. The van der Waals surface area contributed by atoms with Gasteiger partial charge in [0.15, 0.2) is 0 Å². The van der Waals surface area contributed by atoms with Crippen LogP contribution in [-0.4, -0.2) is 22.6 Å².